The summed E-state index contributed by atoms with van der Waals surface area (Å²) in [6.45, 7) is 0. The van der Waals surface area contributed by atoms with Gasteiger partial charge in [0.15, 0.2) is 0 Å². The van der Waals surface area contributed by atoms with E-state index in [4.69, 9.17) is 4.74 Å². The number of allylic oxidation sites excluding steroid dienone is 1. The molecule has 0 spiro atoms. The molecule has 0 unspecified atom stereocenters. The third kappa shape index (κ3) is 1.80. The van der Waals surface area contributed by atoms with E-state index in [0.29, 0.717) is 0 Å². The number of hydrogen-bond acceptors (Lipinski definition) is 2. The van der Waals surface area contributed by atoms with Crippen molar-refractivity contribution >= 4 is 17.8 Å². The Balaban J connectivity index is 2.37. The minimum absolute atomic E-state index is 1.03. The van der Waals surface area contributed by atoms with Crippen molar-refractivity contribution in [3.05, 3.63) is 35.1 Å². The molecule has 2 rings (SSSR count). The highest BCUT2D eigenvalue weighted by molar-refractivity contribution is 7.98. The zero-order chi connectivity index (χ0) is 9.97. The van der Waals surface area contributed by atoms with Crippen LogP contribution in [0.3, 0.4) is 0 Å². The lowest BCUT2D eigenvalue weighted by molar-refractivity contribution is 0.280. The zero-order valence-electron chi connectivity index (χ0n) is 8.54. The highest BCUT2D eigenvalue weighted by Gasteiger charge is 2.10. The van der Waals surface area contributed by atoms with Crippen LogP contribution in [-0.2, 0) is 11.2 Å². The smallest absolute Gasteiger partial charge is 0.0964 e. The standard InChI is InChI=1S/C12H14OS/c1-13-11-5-3-10-8-12(14-2)6-4-9(10)7-11/h4,6-8H,3,5H2,1-2H3. The Labute approximate surface area is 89.2 Å². The van der Waals surface area contributed by atoms with Crippen molar-refractivity contribution in [2.75, 3.05) is 13.4 Å². The molecule has 1 aliphatic carbocycles. The fourth-order valence-electron chi connectivity index (χ4n) is 1.73. The summed E-state index contributed by atoms with van der Waals surface area (Å²) in [5.41, 5.74) is 2.75. The van der Waals surface area contributed by atoms with Crippen LogP contribution in [0.15, 0.2) is 28.9 Å². The molecule has 14 heavy (non-hydrogen) atoms. The van der Waals surface area contributed by atoms with Crippen molar-refractivity contribution in [1.29, 1.82) is 0 Å². The first kappa shape index (κ1) is 9.66. The van der Waals surface area contributed by atoms with Gasteiger partial charge in [-0.15, -0.1) is 11.8 Å². The number of aryl methyl sites for hydroxylation is 1. The van der Waals surface area contributed by atoms with Crippen LogP contribution in [-0.4, -0.2) is 13.4 Å². The molecule has 0 heterocycles. The van der Waals surface area contributed by atoms with Crippen molar-refractivity contribution in [3.8, 4) is 0 Å². The summed E-state index contributed by atoms with van der Waals surface area (Å²) in [5, 5.41) is 0. The molecule has 0 saturated carbocycles. The van der Waals surface area contributed by atoms with Crippen LogP contribution < -0.4 is 0 Å². The van der Waals surface area contributed by atoms with Gasteiger partial charge in [-0.1, -0.05) is 6.07 Å². The molecule has 74 valence electrons. The molecule has 0 amide bonds. The topological polar surface area (TPSA) is 9.23 Å². The Bertz CT molecular complexity index is 369. The summed E-state index contributed by atoms with van der Waals surface area (Å²) >= 11 is 1.80. The average molecular weight is 206 g/mol. The minimum Gasteiger partial charge on any atom is -0.501 e. The van der Waals surface area contributed by atoms with Gasteiger partial charge in [-0.3, -0.25) is 0 Å². The quantitative estimate of drug-likeness (QED) is 0.686. The normalized spacial score (nSPS) is 14.6. The van der Waals surface area contributed by atoms with E-state index in [0.717, 1.165) is 18.6 Å². The Morgan fingerprint density at radius 1 is 1.29 bits per heavy atom. The van der Waals surface area contributed by atoms with Gasteiger partial charge in [0, 0.05) is 11.3 Å². The van der Waals surface area contributed by atoms with Crippen LogP contribution in [0, 0.1) is 0 Å². The van der Waals surface area contributed by atoms with Gasteiger partial charge in [-0.2, -0.15) is 0 Å². The van der Waals surface area contributed by atoms with E-state index in [9.17, 15) is 0 Å². The summed E-state index contributed by atoms with van der Waals surface area (Å²) in [4.78, 5) is 1.35. The number of thioether (sulfide) groups is 1. The van der Waals surface area contributed by atoms with Gasteiger partial charge in [-0.25, -0.2) is 0 Å². The van der Waals surface area contributed by atoms with E-state index in [1.54, 1.807) is 18.9 Å². The lowest BCUT2D eigenvalue weighted by Gasteiger charge is -2.16. The van der Waals surface area contributed by atoms with Crippen molar-refractivity contribution in [3.63, 3.8) is 0 Å². The first-order valence-corrected chi connectivity index (χ1v) is 5.97. The minimum atomic E-state index is 1.03. The highest BCUT2D eigenvalue weighted by atomic mass is 32.2. The molecule has 2 heteroatoms. The maximum absolute atomic E-state index is 5.26. The van der Waals surface area contributed by atoms with Crippen LogP contribution in [0.25, 0.3) is 6.08 Å². The maximum Gasteiger partial charge on any atom is 0.0964 e. The second-order valence-corrected chi connectivity index (χ2v) is 4.26. The van der Waals surface area contributed by atoms with Crippen molar-refractivity contribution in [2.24, 2.45) is 0 Å². The van der Waals surface area contributed by atoms with Gasteiger partial charge < -0.3 is 4.74 Å². The van der Waals surface area contributed by atoms with Crippen LogP contribution in [0.2, 0.25) is 0 Å². The molecular weight excluding hydrogens is 192 g/mol. The monoisotopic (exact) mass is 206 g/mol. The second-order valence-electron chi connectivity index (χ2n) is 3.38. The van der Waals surface area contributed by atoms with Crippen LogP contribution in [0.1, 0.15) is 17.5 Å². The molecule has 1 aromatic carbocycles. The molecule has 0 aromatic heterocycles. The fraction of sp³-hybridized carbons (Fsp3) is 0.333. The summed E-state index contributed by atoms with van der Waals surface area (Å²) in [5.74, 6) is 1.09. The fourth-order valence-corrected chi connectivity index (χ4v) is 2.20. The van der Waals surface area contributed by atoms with Crippen molar-refractivity contribution in [2.45, 2.75) is 17.7 Å². The van der Waals surface area contributed by atoms with E-state index in [1.807, 2.05) is 0 Å². The molecule has 0 bridgehead atoms. The van der Waals surface area contributed by atoms with Crippen LogP contribution in [0.4, 0.5) is 0 Å². The molecule has 0 aliphatic heterocycles. The Kier molecular flexibility index (Phi) is 2.82. The van der Waals surface area contributed by atoms with E-state index >= 15 is 0 Å². The lowest BCUT2D eigenvalue weighted by atomic mass is 9.96. The van der Waals surface area contributed by atoms with Gasteiger partial charge in [0.25, 0.3) is 0 Å². The average Bonchev–Trinajstić information content (AvgIpc) is 2.27. The predicted molar refractivity (Wildman–Crippen MR) is 61.5 cm³/mol. The number of benzene rings is 1. The summed E-state index contributed by atoms with van der Waals surface area (Å²) in [6, 6.07) is 6.63. The first-order valence-electron chi connectivity index (χ1n) is 4.75. The summed E-state index contributed by atoms with van der Waals surface area (Å²) < 4.78 is 5.26. The van der Waals surface area contributed by atoms with Gasteiger partial charge >= 0.3 is 0 Å². The Morgan fingerprint density at radius 3 is 2.86 bits per heavy atom. The molecule has 0 atom stereocenters. The molecule has 0 fully saturated rings. The Morgan fingerprint density at radius 2 is 2.14 bits per heavy atom. The molecule has 1 aromatic rings. The van der Waals surface area contributed by atoms with E-state index in [2.05, 4.69) is 30.5 Å². The predicted octanol–water partition coefficient (Wildman–Crippen LogP) is 3.34. The molecule has 1 nitrogen and oxygen atoms in total. The van der Waals surface area contributed by atoms with E-state index in [1.165, 1.54) is 16.0 Å². The van der Waals surface area contributed by atoms with E-state index in [-0.39, 0.29) is 0 Å². The highest BCUT2D eigenvalue weighted by Crippen LogP contribution is 2.27. The van der Waals surface area contributed by atoms with Gasteiger partial charge in [0.05, 0.1) is 12.9 Å². The molecular formula is C12H14OS. The third-order valence-corrected chi connectivity index (χ3v) is 3.29. The van der Waals surface area contributed by atoms with Crippen LogP contribution >= 0.6 is 11.8 Å². The molecule has 0 radical (unpaired) electrons. The largest absolute Gasteiger partial charge is 0.501 e. The third-order valence-electron chi connectivity index (χ3n) is 2.57. The second kappa shape index (κ2) is 4.09. The molecule has 0 saturated heterocycles. The number of methoxy groups -OCH3 is 1. The first-order chi connectivity index (χ1) is 6.83. The maximum atomic E-state index is 5.26. The van der Waals surface area contributed by atoms with E-state index < -0.39 is 0 Å². The number of ether oxygens (including phenoxy) is 1. The SMILES string of the molecule is COC1=Cc2ccc(SC)cc2CC1. The zero-order valence-corrected chi connectivity index (χ0v) is 9.36. The van der Waals surface area contributed by atoms with Crippen molar-refractivity contribution in [1.82, 2.24) is 0 Å². The lowest BCUT2D eigenvalue weighted by Crippen LogP contribution is -2.00. The number of fused-ring (bicyclic) bond motifs is 1. The molecule has 1 aliphatic rings. The summed E-state index contributed by atoms with van der Waals surface area (Å²) in [6.07, 6.45) is 6.38. The van der Waals surface area contributed by atoms with Gasteiger partial charge in [0.2, 0.25) is 0 Å². The van der Waals surface area contributed by atoms with Crippen LogP contribution in [0.5, 0.6) is 0 Å². The number of rotatable bonds is 2. The van der Waals surface area contributed by atoms with Gasteiger partial charge in [-0.05, 0) is 42.0 Å². The van der Waals surface area contributed by atoms with Gasteiger partial charge in [0.1, 0.15) is 0 Å². The number of hydrogen-bond donors (Lipinski definition) is 0. The van der Waals surface area contributed by atoms with Crippen molar-refractivity contribution < 1.29 is 4.74 Å². The summed E-state index contributed by atoms with van der Waals surface area (Å²) in [7, 11) is 1.74. The Hall–Kier alpha value is -0.890. The molecule has 0 N–H and O–H groups in total.